The second-order valence-corrected chi connectivity index (χ2v) is 7.44. The third-order valence-corrected chi connectivity index (χ3v) is 4.96. The van der Waals surface area contributed by atoms with Crippen LogP contribution in [-0.4, -0.2) is 30.3 Å². The van der Waals surface area contributed by atoms with Crippen molar-refractivity contribution >= 4 is 27.3 Å². The second kappa shape index (κ2) is 7.44. The van der Waals surface area contributed by atoms with Crippen LogP contribution in [-0.2, 0) is 10.0 Å². The maximum atomic E-state index is 12.3. The van der Waals surface area contributed by atoms with E-state index in [4.69, 9.17) is 4.42 Å². The van der Waals surface area contributed by atoms with Gasteiger partial charge in [0.05, 0.1) is 17.7 Å². The summed E-state index contributed by atoms with van der Waals surface area (Å²) in [7, 11) is -3.39. The Morgan fingerprint density at radius 3 is 2.73 bits per heavy atom. The Morgan fingerprint density at radius 2 is 2.00 bits per heavy atom. The summed E-state index contributed by atoms with van der Waals surface area (Å²) < 4.78 is 31.4. The molecule has 0 aliphatic carbocycles. The number of hydrogen-bond donors (Lipinski definition) is 3. The van der Waals surface area contributed by atoms with Crippen molar-refractivity contribution in [1.29, 1.82) is 0 Å². The molecular weight excluding hydrogens is 356 g/mol. The zero-order valence-corrected chi connectivity index (χ0v) is 14.8. The lowest BCUT2D eigenvalue weighted by atomic mass is 10.2. The Labute approximate surface area is 150 Å². The van der Waals surface area contributed by atoms with Crippen molar-refractivity contribution in [3.8, 4) is 11.5 Å². The smallest absolute Gasteiger partial charge is 0.276 e. The number of aromatic nitrogens is 2. The van der Waals surface area contributed by atoms with Crippen LogP contribution in [0.5, 0.6) is 0 Å². The summed E-state index contributed by atoms with van der Waals surface area (Å²) in [5.74, 6) is 0.184. The first kappa shape index (κ1) is 17.7. The molecule has 0 bridgehead atoms. The van der Waals surface area contributed by atoms with Crippen LogP contribution in [0, 0.1) is 0 Å². The Kier molecular flexibility index (Phi) is 5.08. The minimum Gasteiger partial charge on any atom is -0.463 e. The number of anilines is 2. The largest absolute Gasteiger partial charge is 0.463 e. The van der Waals surface area contributed by atoms with Crippen molar-refractivity contribution in [2.45, 2.75) is 13.3 Å². The van der Waals surface area contributed by atoms with E-state index in [1.807, 2.05) is 0 Å². The summed E-state index contributed by atoms with van der Waals surface area (Å²) in [4.78, 5) is 12.3. The predicted molar refractivity (Wildman–Crippen MR) is 98.4 cm³/mol. The van der Waals surface area contributed by atoms with Gasteiger partial charge in [-0.2, -0.15) is 5.10 Å². The van der Waals surface area contributed by atoms with Crippen molar-refractivity contribution < 1.29 is 17.6 Å². The summed E-state index contributed by atoms with van der Waals surface area (Å²) in [6.45, 7) is 1.79. The highest BCUT2D eigenvalue weighted by molar-refractivity contribution is 7.92. The van der Waals surface area contributed by atoms with Gasteiger partial charge in [-0.1, -0.05) is 13.0 Å². The maximum Gasteiger partial charge on any atom is 0.276 e. The summed E-state index contributed by atoms with van der Waals surface area (Å²) in [6, 6.07) is 11.5. The van der Waals surface area contributed by atoms with Crippen LogP contribution in [0.1, 0.15) is 23.8 Å². The molecule has 3 N–H and O–H groups in total. The van der Waals surface area contributed by atoms with Crippen molar-refractivity contribution in [2.75, 3.05) is 15.8 Å². The number of amides is 1. The highest BCUT2D eigenvalue weighted by Gasteiger charge is 2.14. The van der Waals surface area contributed by atoms with Crippen LogP contribution in [0.15, 0.2) is 53.1 Å². The van der Waals surface area contributed by atoms with Gasteiger partial charge in [0.1, 0.15) is 5.69 Å². The van der Waals surface area contributed by atoms with Crippen LogP contribution in [0.2, 0.25) is 0 Å². The van der Waals surface area contributed by atoms with Gasteiger partial charge in [0.15, 0.2) is 11.5 Å². The molecule has 0 aliphatic rings. The number of carbonyl (C=O) groups excluding carboxylic acids is 1. The number of aromatic amines is 1. The lowest BCUT2D eigenvalue weighted by molar-refractivity contribution is 0.102. The predicted octanol–water partition coefficient (Wildman–Crippen LogP) is 3.07. The molecule has 8 nitrogen and oxygen atoms in total. The fourth-order valence-corrected chi connectivity index (χ4v) is 3.48. The third-order valence-electron chi connectivity index (χ3n) is 3.46. The van der Waals surface area contributed by atoms with Gasteiger partial charge in [0.2, 0.25) is 10.0 Å². The van der Waals surface area contributed by atoms with Crippen molar-refractivity contribution in [1.82, 2.24) is 10.2 Å². The van der Waals surface area contributed by atoms with E-state index in [9.17, 15) is 13.2 Å². The van der Waals surface area contributed by atoms with Crippen LogP contribution < -0.4 is 10.0 Å². The quantitative estimate of drug-likeness (QED) is 0.587. The average Bonchev–Trinajstić information content (AvgIpc) is 3.26. The highest BCUT2D eigenvalue weighted by Crippen LogP contribution is 2.20. The average molecular weight is 374 g/mol. The number of nitrogens with one attached hydrogen (secondary N) is 3. The molecule has 0 saturated carbocycles. The first-order valence-electron chi connectivity index (χ1n) is 7.98. The van der Waals surface area contributed by atoms with Gasteiger partial charge in [-0.15, -0.1) is 0 Å². The van der Waals surface area contributed by atoms with Gasteiger partial charge >= 0.3 is 0 Å². The number of sulfonamides is 1. The maximum absolute atomic E-state index is 12.3. The van der Waals surface area contributed by atoms with Crippen LogP contribution in [0.3, 0.4) is 0 Å². The molecule has 2 heterocycles. The molecule has 3 rings (SSSR count). The molecule has 0 aliphatic heterocycles. The molecule has 26 heavy (non-hydrogen) atoms. The molecule has 0 fully saturated rings. The first-order valence-corrected chi connectivity index (χ1v) is 9.63. The number of carbonyl (C=O) groups is 1. The topological polar surface area (TPSA) is 117 Å². The Hall–Kier alpha value is -3.07. The third kappa shape index (κ3) is 4.31. The monoisotopic (exact) mass is 374 g/mol. The summed E-state index contributed by atoms with van der Waals surface area (Å²) >= 11 is 0. The molecule has 0 atom stereocenters. The molecule has 9 heteroatoms. The standard InChI is InChI=1S/C17H18N4O4S/c1-2-9-26(23,24)21-13-6-3-5-12(10-13)18-17(22)15-11-14(19-20-15)16-7-4-8-25-16/h3-8,10-11,21H,2,9H2,1H3,(H,18,22)(H,19,20). The molecule has 1 amide bonds. The minimum absolute atomic E-state index is 0.0341. The zero-order chi connectivity index (χ0) is 18.6. The zero-order valence-electron chi connectivity index (χ0n) is 14.0. The molecule has 136 valence electrons. The van der Waals surface area contributed by atoms with E-state index in [1.54, 1.807) is 49.4 Å². The van der Waals surface area contributed by atoms with E-state index in [2.05, 4.69) is 20.2 Å². The van der Waals surface area contributed by atoms with Crippen molar-refractivity contribution in [2.24, 2.45) is 0 Å². The molecule has 0 saturated heterocycles. The van der Waals surface area contributed by atoms with Crippen molar-refractivity contribution in [3.63, 3.8) is 0 Å². The Morgan fingerprint density at radius 1 is 1.19 bits per heavy atom. The van der Waals surface area contributed by atoms with E-state index in [0.29, 0.717) is 29.2 Å². The van der Waals surface area contributed by atoms with Gasteiger partial charge in [0.25, 0.3) is 5.91 Å². The fourth-order valence-electron chi connectivity index (χ4n) is 2.35. The number of H-pyrrole nitrogens is 1. The van der Waals surface area contributed by atoms with E-state index in [0.717, 1.165) is 0 Å². The Bertz CT molecular complexity index is 993. The van der Waals surface area contributed by atoms with Crippen LogP contribution >= 0.6 is 0 Å². The van der Waals surface area contributed by atoms with Crippen LogP contribution in [0.4, 0.5) is 11.4 Å². The number of furan rings is 1. The minimum atomic E-state index is -3.39. The fraction of sp³-hybridized carbons (Fsp3) is 0.176. The SMILES string of the molecule is CCCS(=O)(=O)Nc1cccc(NC(=O)c2cc(-c3ccco3)[nH]n2)c1. The number of nitrogens with zero attached hydrogens (tertiary/aromatic N) is 1. The van der Waals surface area contributed by atoms with Gasteiger partial charge in [-0.05, 0) is 36.8 Å². The molecule has 0 spiro atoms. The van der Waals surface area contributed by atoms with Crippen molar-refractivity contribution in [3.05, 3.63) is 54.4 Å². The lowest BCUT2D eigenvalue weighted by Gasteiger charge is -2.09. The van der Waals surface area contributed by atoms with E-state index in [1.165, 1.54) is 6.26 Å². The number of benzene rings is 1. The van der Waals surface area contributed by atoms with Gasteiger partial charge in [-0.25, -0.2) is 8.42 Å². The summed E-state index contributed by atoms with van der Waals surface area (Å²) in [6.07, 6.45) is 2.05. The van der Waals surface area contributed by atoms with Gasteiger partial charge in [-0.3, -0.25) is 14.6 Å². The second-order valence-electron chi connectivity index (χ2n) is 5.60. The molecule has 3 aromatic rings. The van der Waals surface area contributed by atoms with E-state index in [-0.39, 0.29) is 11.4 Å². The molecular formula is C17H18N4O4S. The van der Waals surface area contributed by atoms with E-state index >= 15 is 0 Å². The van der Waals surface area contributed by atoms with E-state index < -0.39 is 15.9 Å². The molecule has 1 aromatic carbocycles. The van der Waals surface area contributed by atoms with Crippen LogP contribution in [0.25, 0.3) is 11.5 Å². The lowest BCUT2D eigenvalue weighted by Crippen LogP contribution is -2.16. The summed E-state index contributed by atoms with van der Waals surface area (Å²) in [5, 5.41) is 9.39. The van der Waals surface area contributed by atoms with Gasteiger partial charge in [0, 0.05) is 11.8 Å². The molecule has 2 aromatic heterocycles. The summed E-state index contributed by atoms with van der Waals surface area (Å²) in [5.41, 5.74) is 1.61. The molecule has 0 unspecified atom stereocenters. The first-order chi connectivity index (χ1) is 12.5. The molecule has 0 radical (unpaired) electrons. The van der Waals surface area contributed by atoms with Gasteiger partial charge < -0.3 is 9.73 Å². The highest BCUT2D eigenvalue weighted by atomic mass is 32.2. The number of rotatable bonds is 7. The number of hydrogen-bond acceptors (Lipinski definition) is 5. The normalized spacial score (nSPS) is 11.3. The Balaban J connectivity index is 1.71.